The molecule has 1 N–H and O–H groups in total. The molecule has 0 radical (unpaired) electrons. The predicted molar refractivity (Wildman–Crippen MR) is 87.9 cm³/mol. The molecule has 0 unspecified atom stereocenters. The molecule has 3 nitrogen and oxygen atoms in total. The molecule has 0 bridgehead atoms. The number of hydrogen-bond donors (Lipinski definition) is 1. The van der Waals surface area contributed by atoms with Gasteiger partial charge < -0.3 is 0 Å². The van der Waals surface area contributed by atoms with Gasteiger partial charge in [-0.3, -0.25) is 0 Å². The summed E-state index contributed by atoms with van der Waals surface area (Å²) in [4.78, 5) is 0. The second-order valence-corrected chi connectivity index (χ2v) is 5.12. The first-order valence-electron chi connectivity index (χ1n) is 5.95. The second kappa shape index (κ2) is 5.44. The van der Waals surface area contributed by atoms with Crippen LogP contribution in [0.2, 0.25) is 0 Å². The van der Waals surface area contributed by atoms with Crippen molar-refractivity contribution in [3.8, 4) is 0 Å². The third kappa shape index (κ3) is 2.49. The van der Waals surface area contributed by atoms with Crippen LogP contribution < -0.4 is 10.5 Å². The number of nitrogens with zero attached hydrogens (tertiary/aromatic N) is 2. The number of allylic oxidation sites excluding steroid dienone is 1. The Balaban J connectivity index is 2.03. The van der Waals surface area contributed by atoms with Gasteiger partial charge in [0.1, 0.15) is 3.70 Å². The Kier molecular flexibility index (Phi) is 3.50. The van der Waals surface area contributed by atoms with Crippen LogP contribution >= 0.6 is 22.6 Å². The van der Waals surface area contributed by atoms with E-state index in [0.717, 1.165) is 20.5 Å². The summed E-state index contributed by atoms with van der Waals surface area (Å²) in [6, 6.07) is 20.4. The standard InChI is InChI=1S/C15H12IN3/c16-15-14(12-7-3-1-4-8-12)11-17-18-19(15)13-9-5-2-6-10-13/h1-11,18H. The lowest BCUT2D eigenvalue weighted by molar-refractivity contribution is 0.749. The van der Waals surface area contributed by atoms with Crippen LogP contribution in [-0.2, 0) is 0 Å². The normalized spacial score (nSPS) is 14.5. The fourth-order valence-electron chi connectivity index (χ4n) is 1.93. The minimum atomic E-state index is 1.07. The molecule has 0 amide bonds. The Morgan fingerprint density at radius 1 is 0.895 bits per heavy atom. The van der Waals surface area contributed by atoms with Crippen LogP contribution in [0.3, 0.4) is 0 Å². The van der Waals surface area contributed by atoms with E-state index in [2.05, 4.69) is 57.5 Å². The molecule has 0 spiro atoms. The highest BCUT2D eigenvalue weighted by molar-refractivity contribution is 14.1. The quantitative estimate of drug-likeness (QED) is 0.651. The van der Waals surface area contributed by atoms with Crippen LogP contribution in [0.1, 0.15) is 5.56 Å². The number of hydrazone groups is 1. The molecule has 19 heavy (non-hydrogen) atoms. The third-order valence-electron chi connectivity index (χ3n) is 2.87. The van der Waals surface area contributed by atoms with Gasteiger partial charge in [0, 0.05) is 5.57 Å². The summed E-state index contributed by atoms with van der Waals surface area (Å²) in [5.41, 5.74) is 6.37. The summed E-state index contributed by atoms with van der Waals surface area (Å²) in [5.74, 6) is 0. The number of halogens is 1. The van der Waals surface area contributed by atoms with E-state index in [9.17, 15) is 0 Å². The average molecular weight is 361 g/mol. The fourth-order valence-corrected chi connectivity index (χ4v) is 2.77. The van der Waals surface area contributed by atoms with Crippen LogP contribution in [0.4, 0.5) is 5.69 Å². The highest BCUT2D eigenvalue weighted by Gasteiger charge is 2.17. The van der Waals surface area contributed by atoms with E-state index < -0.39 is 0 Å². The van der Waals surface area contributed by atoms with Gasteiger partial charge in [-0.25, -0.2) is 10.5 Å². The van der Waals surface area contributed by atoms with E-state index in [-0.39, 0.29) is 0 Å². The topological polar surface area (TPSA) is 27.6 Å². The molecule has 4 heteroatoms. The molecule has 1 aliphatic heterocycles. The first kappa shape index (κ1) is 12.2. The minimum Gasteiger partial charge on any atom is -0.234 e. The number of hydrazine groups is 1. The molecule has 94 valence electrons. The summed E-state index contributed by atoms with van der Waals surface area (Å²) >= 11 is 2.34. The van der Waals surface area contributed by atoms with E-state index in [4.69, 9.17) is 0 Å². The summed E-state index contributed by atoms with van der Waals surface area (Å²) in [5, 5.41) is 6.21. The monoisotopic (exact) mass is 361 g/mol. The zero-order valence-corrected chi connectivity index (χ0v) is 12.3. The van der Waals surface area contributed by atoms with Crippen molar-refractivity contribution in [2.24, 2.45) is 5.10 Å². The van der Waals surface area contributed by atoms with Crippen molar-refractivity contribution in [3.05, 3.63) is 69.9 Å². The molecular weight excluding hydrogens is 349 g/mol. The van der Waals surface area contributed by atoms with Crippen molar-refractivity contribution >= 4 is 40.1 Å². The zero-order valence-electron chi connectivity index (χ0n) is 10.1. The first-order chi connectivity index (χ1) is 9.36. The Morgan fingerprint density at radius 2 is 1.53 bits per heavy atom. The van der Waals surface area contributed by atoms with Crippen molar-refractivity contribution in [2.75, 3.05) is 5.01 Å². The van der Waals surface area contributed by atoms with Crippen LogP contribution in [0.5, 0.6) is 0 Å². The van der Waals surface area contributed by atoms with Gasteiger partial charge in [0.2, 0.25) is 0 Å². The van der Waals surface area contributed by atoms with Crippen molar-refractivity contribution in [2.45, 2.75) is 0 Å². The minimum absolute atomic E-state index is 1.07. The van der Waals surface area contributed by atoms with Crippen LogP contribution in [0, 0.1) is 0 Å². The molecule has 0 saturated carbocycles. The maximum absolute atomic E-state index is 4.23. The highest BCUT2D eigenvalue weighted by Crippen LogP contribution is 2.29. The second-order valence-electron chi connectivity index (χ2n) is 4.10. The van der Waals surface area contributed by atoms with Crippen LogP contribution in [-0.4, -0.2) is 6.21 Å². The fraction of sp³-hybridized carbons (Fsp3) is 0. The van der Waals surface area contributed by atoms with E-state index in [1.807, 2.05) is 47.6 Å². The smallest absolute Gasteiger partial charge is 0.112 e. The van der Waals surface area contributed by atoms with E-state index in [0.29, 0.717) is 0 Å². The van der Waals surface area contributed by atoms with E-state index in [1.165, 1.54) is 0 Å². The molecule has 1 aliphatic rings. The van der Waals surface area contributed by atoms with Gasteiger partial charge in [-0.2, -0.15) is 5.10 Å². The van der Waals surface area contributed by atoms with Crippen molar-refractivity contribution in [1.82, 2.24) is 5.53 Å². The molecule has 3 rings (SSSR count). The molecule has 0 aromatic heterocycles. The van der Waals surface area contributed by atoms with Gasteiger partial charge >= 0.3 is 0 Å². The van der Waals surface area contributed by atoms with Gasteiger partial charge in [0.15, 0.2) is 0 Å². The Morgan fingerprint density at radius 3 is 2.21 bits per heavy atom. The third-order valence-corrected chi connectivity index (χ3v) is 3.93. The van der Waals surface area contributed by atoms with Gasteiger partial charge in [-0.15, -0.1) is 0 Å². The molecule has 0 saturated heterocycles. The molecule has 0 fully saturated rings. The molecule has 2 aromatic carbocycles. The molecule has 0 atom stereocenters. The number of rotatable bonds is 2. The van der Waals surface area contributed by atoms with Crippen molar-refractivity contribution in [1.29, 1.82) is 0 Å². The molecular formula is C15H12IN3. The summed E-state index contributed by atoms with van der Waals surface area (Å²) in [6.07, 6.45) is 1.86. The average Bonchev–Trinajstić information content (AvgIpc) is 2.49. The zero-order chi connectivity index (χ0) is 13.1. The summed E-state index contributed by atoms with van der Waals surface area (Å²) in [6.45, 7) is 0. The SMILES string of the molecule is IC1=C(c2ccccc2)C=NNN1c1ccccc1. The molecule has 1 heterocycles. The van der Waals surface area contributed by atoms with Crippen LogP contribution in [0.25, 0.3) is 5.57 Å². The van der Waals surface area contributed by atoms with Gasteiger partial charge in [-0.1, -0.05) is 48.5 Å². The van der Waals surface area contributed by atoms with E-state index >= 15 is 0 Å². The Hall–Kier alpha value is -1.82. The first-order valence-corrected chi connectivity index (χ1v) is 7.03. The number of benzene rings is 2. The summed E-state index contributed by atoms with van der Waals surface area (Å²) in [7, 11) is 0. The van der Waals surface area contributed by atoms with E-state index in [1.54, 1.807) is 0 Å². The molecule has 0 aliphatic carbocycles. The summed E-state index contributed by atoms with van der Waals surface area (Å²) < 4.78 is 1.10. The maximum atomic E-state index is 4.23. The Labute approximate surface area is 125 Å². The lowest BCUT2D eigenvalue weighted by Crippen LogP contribution is -2.35. The van der Waals surface area contributed by atoms with Gasteiger partial charge in [-0.05, 0) is 40.3 Å². The maximum Gasteiger partial charge on any atom is 0.112 e. The lowest BCUT2D eigenvalue weighted by Gasteiger charge is -2.27. The number of para-hydroxylation sites is 1. The number of hydrogen-bond acceptors (Lipinski definition) is 3. The molecule has 2 aromatic rings. The number of anilines is 1. The van der Waals surface area contributed by atoms with Gasteiger partial charge in [0.25, 0.3) is 0 Å². The lowest BCUT2D eigenvalue weighted by atomic mass is 10.1. The largest absolute Gasteiger partial charge is 0.234 e. The highest BCUT2D eigenvalue weighted by atomic mass is 127. The predicted octanol–water partition coefficient (Wildman–Crippen LogP) is 3.80. The number of nitrogens with one attached hydrogen (secondary N) is 1. The van der Waals surface area contributed by atoms with Crippen molar-refractivity contribution < 1.29 is 0 Å². The van der Waals surface area contributed by atoms with Crippen molar-refractivity contribution in [3.63, 3.8) is 0 Å². The Bertz CT molecular complexity index is 620. The van der Waals surface area contributed by atoms with Gasteiger partial charge in [0.05, 0.1) is 11.9 Å². The van der Waals surface area contributed by atoms with Crippen LogP contribution in [0.15, 0.2) is 69.5 Å².